The number of hydrogen-bond acceptors (Lipinski definition) is 5. The van der Waals surface area contributed by atoms with E-state index >= 15 is 0 Å². The van der Waals surface area contributed by atoms with Crippen LogP contribution in [0, 0.1) is 6.92 Å². The molecule has 0 spiro atoms. The van der Waals surface area contributed by atoms with Gasteiger partial charge in [-0.1, -0.05) is 22.8 Å². The van der Waals surface area contributed by atoms with Crippen molar-refractivity contribution < 1.29 is 13.3 Å². The Morgan fingerprint density at radius 1 is 1.14 bits per heavy atom. The highest BCUT2D eigenvalue weighted by Gasteiger charge is 2.17. The fraction of sp³-hybridized carbons (Fsp3) is 0.143. The molecular weight excluding hydrogens is 314 g/mol. The Hall–Kier alpha value is -2.41. The Morgan fingerprint density at radius 3 is 2.64 bits per heavy atom. The second-order valence-electron chi connectivity index (χ2n) is 4.48. The minimum Gasteiger partial charge on any atom is -0.333 e. The highest BCUT2D eigenvalue weighted by atomic mass is 35.5. The van der Waals surface area contributed by atoms with Gasteiger partial charge in [-0.25, -0.2) is 18.7 Å². The van der Waals surface area contributed by atoms with E-state index in [-0.39, 0.29) is 22.3 Å². The lowest BCUT2D eigenvalue weighted by atomic mass is 10.1. The summed E-state index contributed by atoms with van der Waals surface area (Å²) >= 11 is 6.00. The standard InChI is InChI=1S/C14H9ClF2N4O/c1-7-4-5-18-12(19-7)13-20-14(22-21-13)9-3-2-8(11(16)17)6-10(9)15/h2-6,11H,1H3. The van der Waals surface area contributed by atoms with Crippen molar-refractivity contribution >= 4 is 11.6 Å². The van der Waals surface area contributed by atoms with Crippen molar-refractivity contribution in [1.82, 2.24) is 20.1 Å². The van der Waals surface area contributed by atoms with Crippen molar-refractivity contribution in [3.8, 4) is 23.1 Å². The molecule has 0 amide bonds. The first-order chi connectivity index (χ1) is 10.5. The van der Waals surface area contributed by atoms with E-state index in [2.05, 4.69) is 20.1 Å². The van der Waals surface area contributed by atoms with Gasteiger partial charge in [-0.3, -0.25) is 0 Å². The van der Waals surface area contributed by atoms with E-state index in [9.17, 15) is 8.78 Å². The van der Waals surface area contributed by atoms with Gasteiger partial charge in [-0.15, -0.1) is 0 Å². The van der Waals surface area contributed by atoms with Gasteiger partial charge in [-0.2, -0.15) is 4.98 Å². The molecule has 0 bridgehead atoms. The Bertz CT molecular complexity index is 822. The molecule has 2 heterocycles. The third kappa shape index (κ3) is 2.80. The molecule has 0 unspecified atom stereocenters. The van der Waals surface area contributed by atoms with Crippen LogP contribution in [0.25, 0.3) is 23.1 Å². The van der Waals surface area contributed by atoms with E-state index in [4.69, 9.17) is 16.1 Å². The zero-order valence-corrected chi connectivity index (χ0v) is 12.1. The number of aromatic nitrogens is 4. The maximum absolute atomic E-state index is 12.6. The molecule has 0 saturated carbocycles. The second kappa shape index (κ2) is 5.76. The first-order valence-corrected chi connectivity index (χ1v) is 6.64. The summed E-state index contributed by atoms with van der Waals surface area (Å²) in [6.45, 7) is 1.81. The molecule has 0 saturated heterocycles. The zero-order chi connectivity index (χ0) is 15.7. The minimum absolute atomic E-state index is 0.109. The molecule has 0 N–H and O–H groups in total. The van der Waals surface area contributed by atoms with Gasteiger partial charge < -0.3 is 4.52 Å². The molecule has 0 fully saturated rings. The van der Waals surface area contributed by atoms with Crippen LogP contribution >= 0.6 is 11.6 Å². The van der Waals surface area contributed by atoms with E-state index < -0.39 is 6.43 Å². The van der Waals surface area contributed by atoms with E-state index in [1.54, 1.807) is 12.3 Å². The Balaban J connectivity index is 1.97. The van der Waals surface area contributed by atoms with Crippen molar-refractivity contribution in [1.29, 1.82) is 0 Å². The van der Waals surface area contributed by atoms with E-state index in [0.29, 0.717) is 11.4 Å². The molecule has 3 aromatic rings. The van der Waals surface area contributed by atoms with Crippen LogP contribution in [0.5, 0.6) is 0 Å². The average molecular weight is 323 g/mol. The van der Waals surface area contributed by atoms with Gasteiger partial charge in [0, 0.05) is 17.5 Å². The maximum atomic E-state index is 12.6. The van der Waals surface area contributed by atoms with Gasteiger partial charge in [-0.05, 0) is 25.1 Å². The fourth-order valence-electron chi connectivity index (χ4n) is 1.82. The smallest absolute Gasteiger partial charge is 0.263 e. The van der Waals surface area contributed by atoms with Crippen LogP contribution < -0.4 is 0 Å². The van der Waals surface area contributed by atoms with Crippen LogP contribution in [0.3, 0.4) is 0 Å². The molecule has 0 atom stereocenters. The topological polar surface area (TPSA) is 64.7 Å². The van der Waals surface area contributed by atoms with E-state index in [1.807, 2.05) is 6.92 Å². The summed E-state index contributed by atoms with van der Waals surface area (Å²) in [5.74, 6) is 0.633. The molecular formula is C14H9ClF2N4O. The maximum Gasteiger partial charge on any atom is 0.263 e. The van der Waals surface area contributed by atoms with Gasteiger partial charge in [0.05, 0.1) is 10.6 Å². The Morgan fingerprint density at radius 2 is 1.95 bits per heavy atom. The van der Waals surface area contributed by atoms with Gasteiger partial charge in [0.25, 0.3) is 12.3 Å². The van der Waals surface area contributed by atoms with Crippen LogP contribution in [-0.2, 0) is 0 Å². The average Bonchev–Trinajstić information content (AvgIpc) is 2.96. The molecule has 112 valence electrons. The molecule has 0 aliphatic heterocycles. The van der Waals surface area contributed by atoms with Crippen molar-refractivity contribution in [3.05, 3.63) is 46.7 Å². The summed E-state index contributed by atoms with van der Waals surface area (Å²) in [5, 5.41) is 3.89. The molecule has 5 nitrogen and oxygen atoms in total. The lowest BCUT2D eigenvalue weighted by Crippen LogP contribution is -1.92. The molecule has 0 radical (unpaired) electrons. The lowest BCUT2D eigenvalue weighted by Gasteiger charge is -2.02. The van der Waals surface area contributed by atoms with Crippen molar-refractivity contribution in [2.45, 2.75) is 13.3 Å². The van der Waals surface area contributed by atoms with Gasteiger partial charge in [0.1, 0.15) is 0 Å². The number of halogens is 3. The highest BCUT2D eigenvalue weighted by molar-refractivity contribution is 6.33. The number of aryl methyl sites for hydroxylation is 1. The summed E-state index contributed by atoms with van der Waals surface area (Å²) in [5.41, 5.74) is 0.962. The molecule has 0 aliphatic rings. The fourth-order valence-corrected chi connectivity index (χ4v) is 2.09. The van der Waals surface area contributed by atoms with Crippen molar-refractivity contribution in [2.24, 2.45) is 0 Å². The third-order valence-corrected chi connectivity index (χ3v) is 3.21. The van der Waals surface area contributed by atoms with Crippen LogP contribution in [0.1, 0.15) is 17.7 Å². The molecule has 0 aliphatic carbocycles. The SMILES string of the molecule is Cc1ccnc(-c2noc(-c3ccc(C(F)F)cc3Cl)n2)n1. The summed E-state index contributed by atoms with van der Waals surface area (Å²) < 4.78 is 30.3. The van der Waals surface area contributed by atoms with Crippen LogP contribution in [0.4, 0.5) is 8.78 Å². The van der Waals surface area contributed by atoms with Crippen LogP contribution in [0.2, 0.25) is 5.02 Å². The summed E-state index contributed by atoms with van der Waals surface area (Å²) in [7, 11) is 0. The Kier molecular flexibility index (Phi) is 3.81. The molecule has 1 aromatic carbocycles. The largest absolute Gasteiger partial charge is 0.333 e. The quantitative estimate of drug-likeness (QED) is 0.726. The predicted octanol–water partition coefficient (Wildman–Crippen LogP) is 4.09. The lowest BCUT2D eigenvalue weighted by molar-refractivity contribution is 0.151. The summed E-state index contributed by atoms with van der Waals surface area (Å²) in [6, 6.07) is 5.59. The molecule has 3 rings (SSSR count). The number of nitrogens with zero attached hydrogens (tertiary/aromatic N) is 4. The zero-order valence-electron chi connectivity index (χ0n) is 11.3. The summed E-state index contributed by atoms with van der Waals surface area (Å²) in [6.07, 6.45) is -1.01. The molecule has 22 heavy (non-hydrogen) atoms. The summed E-state index contributed by atoms with van der Waals surface area (Å²) in [4.78, 5) is 12.4. The van der Waals surface area contributed by atoms with Crippen molar-refractivity contribution in [3.63, 3.8) is 0 Å². The first-order valence-electron chi connectivity index (χ1n) is 6.26. The predicted molar refractivity (Wildman–Crippen MR) is 75.5 cm³/mol. The van der Waals surface area contributed by atoms with Gasteiger partial charge in [0.2, 0.25) is 11.6 Å². The number of benzene rings is 1. The van der Waals surface area contributed by atoms with E-state index in [1.165, 1.54) is 18.2 Å². The number of hydrogen-bond donors (Lipinski definition) is 0. The minimum atomic E-state index is -2.59. The van der Waals surface area contributed by atoms with Crippen LogP contribution in [-0.4, -0.2) is 20.1 Å². The van der Waals surface area contributed by atoms with Crippen LogP contribution in [0.15, 0.2) is 35.0 Å². The third-order valence-electron chi connectivity index (χ3n) is 2.90. The van der Waals surface area contributed by atoms with Crippen molar-refractivity contribution in [2.75, 3.05) is 0 Å². The normalized spacial score (nSPS) is 11.1. The van der Waals surface area contributed by atoms with Gasteiger partial charge in [0.15, 0.2) is 0 Å². The Labute approximate surface area is 129 Å². The molecule has 8 heteroatoms. The number of rotatable bonds is 3. The monoisotopic (exact) mass is 322 g/mol. The second-order valence-corrected chi connectivity index (χ2v) is 4.89. The number of alkyl halides is 2. The first kappa shape index (κ1) is 14.5. The molecule has 2 aromatic heterocycles. The highest BCUT2D eigenvalue weighted by Crippen LogP contribution is 2.31. The van der Waals surface area contributed by atoms with E-state index in [0.717, 1.165) is 5.69 Å². The van der Waals surface area contributed by atoms with Gasteiger partial charge >= 0.3 is 0 Å².